The zero-order valence-corrected chi connectivity index (χ0v) is 8.36. The van der Waals surface area contributed by atoms with E-state index in [0.717, 1.165) is 0 Å². The van der Waals surface area contributed by atoms with E-state index in [4.69, 9.17) is 10.2 Å². The second-order valence-electron chi connectivity index (χ2n) is 3.23. The summed E-state index contributed by atoms with van der Waals surface area (Å²) < 4.78 is -1.17. The molecule has 1 aliphatic carbocycles. The topological polar surface area (TPSA) is 74.6 Å². The Balaban J connectivity index is 3.13. The van der Waals surface area contributed by atoms with E-state index in [1.165, 1.54) is 25.2 Å². The van der Waals surface area contributed by atoms with E-state index in [1.807, 2.05) is 0 Å². The largest absolute Gasteiger partial charge is 0.481 e. The number of carboxylic acid groups (broad SMARTS) is 2. The molecular weight excluding hydrogens is 204 g/mol. The van der Waals surface area contributed by atoms with Crippen molar-refractivity contribution in [3.8, 4) is 0 Å². The highest BCUT2D eigenvalue weighted by atomic mass is 32.1. The predicted molar refractivity (Wildman–Crippen MR) is 53.4 cm³/mol. The first-order valence-corrected chi connectivity index (χ1v) is 4.39. The minimum absolute atomic E-state index is 0.00395. The molecule has 0 aliphatic heterocycles. The van der Waals surface area contributed by atoms with Crippen molar-refractivity contribution in [2.75, 3.05) is 0 Å². The number of carboxylic acids is 2. The van der Waals surface area contributed by atoms with Gasteiger partial charge in [-0.1, -0.05) is 18.2 Å². The molecule has 1 aliphatic rings. The second kappa shape index (κ2) is 3.49. The summed E-state index contributed by atoms with van der Waals surface area (Å²) in [6.07, 6.45) is 4.23. The molecule has 0 aromatic carbocycles. The Bertz CT molecular complexity index is 341. The van der Waals surface area contributed by atoms with Crippen LogP contribution in [0, 0.1) is 5.92 Å². The summed E-state index contributed by atoms with van der Waals surface area (Å²) in [5.74, 6) is -3.13. The molecule has 2 unspecified atom stereocenters. The molecule has 14 heavy (non-hydrogen) atoms. The van der Waals surface area contributed by atoms with Gasteiger partial charge in [0, 0.05) is 0 Å². The van der Waals surface area contributed by atoms with E-state index in [2.05, 4.69) is 12.6 Å². The third-order valence-electron chi connectivity index (χ3n) is 2.21. The van der Waals surface area contributed by atoms with Crippen LogP contribution in [-0.4, -0.2) is 26.9 Å². The Morgan fingerprint density at radius 3 is 2.50 bits per heavy atom. The van der Waals surface area contributed by atoms with Crippen LogP contribution in [0.3, 0.4) is 0 Å². The molecule has 0 bridgehead atoms. The van der Waals surface area contributed by atoms with Crippen LogP contribution < -0.4 is 0 Å². The first kappa shape index (κ1) is 10.8. The fraction of sp³-hybridized carbons (Fsp3) is 0.333. The van der Waals surface area contributed by atoms with Crippen LogP contribution in [0.25, 0.3) is 0 Å². The normalized spacial score (nSPS) is 31.0. The van der Waals surface area contributed by atoms with Crippen LogP contribution in [0.5, 0.6) is 0 Å². The molecule has 0 radical (unpaired) electrons. The van der Waals surface area contributed by atoms with Crippen molar-refractivity contribution in [3.63, 3.8) is 0 Å². The van der Waals surface area contributed by atoms with Crippen molar-refractivity contribution in [2.45, 2.75) is 11.7 Å². The lowest BCUT2D eigenvalue weighted by Gasteiger charge is -2.31. The number of allylic oxidation sites excluding steroid dienone is 2. The van der Waals surface area contributed by atoms with E-state index in [-0.39, 0.29) is 5.57 Å². The molecule has 0 saturated carbocycles. The summed E-state index contributed by atoms with van der Waals surface area (Å²) in [6.45, 7) is 1.48. The molecule has 5 heteroatoms. The van der Waals surface area contributed by atoms with Gasteiger partial charge in [0.15, 0.2) is 0 Å². The highest BCUT2D eigenvalue weighted by Gasteiger charge is 2.41. The zero-order chi connectivity index (χ0) is 10.9. The van der Waals surface area contributed by atoms with Gasteiger partial charge in [-0.15, -0.1) is 0 Å². The highest BCUT2D eigenvalue weighted by molar-refractivity contribution is 7.82. The summed E-state index contributed by atoms with van der Waals surface area (Å²) in [4.78, 5) is 21.6. The molecular formula is C9H10O4S. The minimum atomic E-state index is -1.17. The van der Waals surface area contributed by atoms with Crippen molar-refractivity contribution in [2.24, 2.45) is 5.92 Å². The van der Waals surface area contributed by atoms with Gasteiger partial charge < -0.3 is 10.2 Å². The Labute approximate surface area is 86.3 Å². The summed E-state index contributed by atoms with van der Waals surface area (Å²) >= 11 is 4.11. The molecule has 0 amide bonds. The maximum atomic E-state index is 10.8. The SMILES string of the molecule is CC1(S)C(C(=O)O)=CC=CC1C(=O)O. The Morgan fingerprint density at radius 1 is 1.50 bits per heavy atom. The minimum Gasteiger partial charge on any atom is -0.481 e. The molecule has 2 atom stereocenters. The third kappa shape index (κ3) is 1.68. The lowest BCUT2D eigenvalue weighted by molar-refractivity contribution is -0.140. The number of hydrogen-bond donors (Lipinski definition) is 3. The van der Waals surface area contributed by atoms with Gasteiger partial charge >= 0.3 is 11.9 Å². The van der Waals surface area contributed by atoms with Crippen LogP contribution in [0.2, 0.25) is 0 Å². The molecule has 0 aromatic heterocycles. The molecule has 0 heterocycles. The van der Waals surface area contributed by atoms with E-state index >= 15 is 0 Å². The van der Waals surface area contributed by atoms with Crippen LogP contribution in [0.1, 0.15) is 6.92 Å². The van der Waals surface area contributed by atoms with Crippen LogP contribution in [-0.2, 0) is 9.59 Å². The Kier molecular flexibility index (Phi) is 2.71. The van der Waals surface area contributed by atoms with Crippen molar-refractivity contribution >= 4 is 24.6 Å². The number of carbonyl (C=O) groups is 2. The average Bonchev–Trinajstić information content (AvgIpc) is 2.01. The molecule has 1 rings (SSSR count). The molecule has 4 nitrogen and oxygen atoms in total. The van der Waals surface area contributed by atoms with E-state index < -0.39 is 22.6 Å². The second-order valence-corrected chi connectivity index (χ2v) is 4.16. The van der Waals surface area contributed by atoms with Crippen LogP contribution in [0.4, 0.5) is 0 Å². The smallest absolute Gasteiger partial charge is 0.333 e. The maximum Gasteiger partial charge on any atom is 0.333 e. The Morgan fingerprint density at radius 2 is 2.07 bits per heavy atom. The zero-order valence-electron chi connectivity index (χ0n) is 7.47. The van der Waals surface area contributed by atoms with E-state index in [0.29, 0.717) is 0 Å². The molecule has 0 aromatic rings. The number of aliphatic carboxylic acids is 2. The summed E-state index contributed by atoms with van der Waals surface area (Å²) in [7, 11) is 0. The Hall–Kier alpha value is -1.23. The fourth-order valence-electron chi connectivity index (χ4n) is 1.40. The van der Waals surface area contributed by atoms with Gasteiger partial charge in [-0.25, -0.2) is 4.79 Å². The van der Waals surface area contributed by atoms with Crippen molar-refractivity contribution in [1.29, 1.82) is 0 Å². The van der Waals surface area contributed by atoms with Crippen molar-refractivity contribution in [3.05, 3.63) is 23.8 Å². The molecule has 0 fully saturated rings. The van der Waals surface area contributed by atoms with Gasteiger partial charge in [-0.2, -0.15) is 12.6 Å². The van der Waals surface area contributed by atoms with Crippen LogP contribution >= 0.6 is 12.6 Å². The van der Waals surface area contributed by atoms with Crippen molar-refractivity contribution in [1.82, 2.24) is 0 Å². The molecule has 0 spiro atoms. The lowest BCUT2D eigenvalue weighted by Crippen LogP contribution is -2.39. The predicted octanol–water partition coefficient (Wildman–Crippen LogP) is 0.956. The third-order valence-corrected chi connectivity index (χ3v) is 2.73. The van der Waals surface area contributed by atoms with Crippen LogP contribution in [0.15, 0.2) is 23.8 Å². The fourth-order valence-corrected chi connectivity index (χ4v) is 1.76. The highest BCUT2D eigenvalue weighted by Crippen LogP contribution is 2.36. The molecule has 2 N–H and O–H groups in total. The number of thiol groups is 1. The van der Waals surface area contributed by atoms with E-state index in [9.17, 15) is 9.59 Å². The summed E-state index contributed by atoms with van der Waals surface area (Å²) in [6, 6.07) is 0. The summed E-state index contributed by atoms with van der Waals surface area (Å²) in [5.41, 5.74) is -0.00395. The first-order valence-electron chi connectivity index (χ1n) is 3.95. The summed E-state index contributed by atoms with van der Waals surface area (Å²) in [5, 5.41) is 17.7. The number of rotatable bonds is 2. The van der Waals surface area contributed by atoms with Gasteiger partial charge in [0.2, 0.25) is 0 Å². The van der Waals surface area contributed by atoms with E-state index in [1.54, 1.807) is 0 Å². The maximum absolute atomic E-state index is 10.8. The molecule has 76 valence electrons. The van der Waals surface area contributed by atoms with Gasteiger partial charge in [0.25, 0.3) is 0 Å². The first-order chi connectivity index (χ1) is 6.37. The van der Waals surface area contributed by atoms with Crippen molar-refractivity contribution < 1.29 is 19.8 Å². The van der Waals surface area contributed by atoms with Gasteiger partial charge in [0.05, 0.1) is 16.2 Å². The monoisotopic (exact) mass is 214 g/mol. The number of hydrogen-bond acceptors (Lipinski definition) is 3. The van der Waals surface area contributed by atoms with Gasteiger partial charge in [0.1, 0.15) is 0 Å². The lowest BCUT2D eigenvalue weighted by atomic mass is 9.82. The average molecular weight is 214 g/mol. The quantitative estimate of drug-likeness (QED) is 0.598. The standard InChI is InChI=1S/C9H10O4S/c1-9(14)5(7(10)11)3-2-4-6(9)8(12)13/h2-5,14H,1H3,(H,10,11)(H,12,13). The molecule has 0 saturated heterocycles. The van der Waals surface area contributed by atoms with Gasteiger partial charge in [-0.3, -0.25) is 4.79 Å². The van der Waals surface area contributed by atoms with Gasteiger partial charge in [-0.05, 0) is 6.92 Å².